The summed E-state index contributed by atoms with van der Waals surface area (Å²) in [6.45, 7) is 7.96. The molecule has 6 rings (SSSR count). The predicted octanol–water partition coefficient (Wildman–Crippen LogP) is 4.67. The summed E-state index contributed by atoms with van der Waals surface area (Å²) in [6.07, 6.45) is 3.80. The first-order valence-corrected chi connectivity index (χ1v) is 21.1. The van der Waals surface area contributed by atoms with Gasteiger partial charge in [0.1, 0.15) is 17.2 Å². The number of nitrogens with one attached hydrogen (secondary N) is 3. The van der Waals surface area contributed by atoms with E-state index in [0.29, 0.717) is 56.9 Å². The van der Waals surface area contributed by atoms with Crippen molar-refractivity contribution in [3.8, 4) is 0 Å². The molecular weight excluding hydrogens is 751 g/mol. The largest absolute Gasteiger partial charge is 0.444 e. The minimum atomic E-state index is -0.992. The van der Waals surface area contributed by atoms with Gasteiger partial charge < -0.3 is 30.0 Å². The first-order chi connectivity index (χ1) is 27.1. The van der Waals surface area contributed by atoms with Crippen molar-refractivity contribution in [2.75, 3.05) is 39.9 Å². The molecule has 2 aromatic carbocycles. The molecule has 15 heteroatoms. The molecule has 0 radical (unpaired) electrons. The Morgan fingerprint density at radius 1 is 0.982 bits per heavy atom. The van der Waals surface area contributed by atoms with E-state index in [4.69, 9.17) is 14.2 Å². The number of amides is 2. The number of alkyl carbamates (subject to hydrolysis) is 1. The lowest BCUT2D eigenvalue weighted by Crippen LogP contribution is -2.52. The maximum absolute atomic E-state index is 14.3. The highest BCUT2D eigenvalue weighted by Gasteiger charge is 2.44. The lowest BCUT2D eigenvalue weighted by Gasteiger charge is -2.29. The Morgan fingerprint density at radius 2 is 1.64 bits per heavy atom. The molecule has 2 aliphatic heterocycles. The van der Waals surface area contributed by atoms with Crippen molar-refractivity contribution in [2.45, 2.75) is 95.3 Å². The molecule has 13 nitrogen and oxygen atoms in total. The first kappa shape index (κ1) is 41.8. The summed E-state index contributed by atoms with van der Waals surface area (Å²) in [6, 6.07) is 19.3. The SMILES string of the molecule is CN(Cc1csc(C(C)(C)O)n1)C1OC1N[C@@H](CCN1CCOCC1)C(=O)N[C@H](CC[C@H](Cc1ccccc1)NC(=O)OCc1cncs1)Cc1ccccc1. The molecule has 5 atom stereocenters. The van der Waals surface area contributed by atoms with Crippen LogP contribution in [-0.4, -0.2) is 107 Å². The molecule has 2 aromatic heterocycles. The van der Waals surface area contributed by atoms with Crippen LogP contribution < -0.4 is 16.0 Å². The lowest BCUT2D eigenvalue weighted by atomic mass is 9.95. The fourth-order valence-corrected chi connectivity index (χ4v) is 8.14. The van der Waals surface area contributed by atoms with Gasteiger partial charge in [-0.05, 0) is 64.1 Å². The van der Waals surface area contributed by atoms with Gasteiger partial charge >= 0.3 is 6.09 Å². The molecular formula is C41H55N7O6S2. The van der Waals surface area contributed by atoms with Crippen molar-refractivity contribution in [3.05, 3.63) is 104 Å². The van der Waals surface area contributed by atoms with Gasteiger partial charge in [0.2, 0.25) is 5.91 Å². The van der Waals surface area contributed by atoms with Crippen molar-refractivity contribution in [1.82, 2.24) is 35.7 Å². The summed E-state index contributed by atoms with van der Waals surface area (Å²) >= 11 is 2.88. The van der Waals surface area contributed by atoms with E-state index in [9.17, 15) is 14.7 Å². The number of morpholine rings is 1. The number of epoxide rings is 1. The van der Waals surface area contributed by atoms with Gasteiger partial charge in [-0.2, -0.15) is 0 Å². The molecule has 2 saturated heterocycles. The molecule has 0 saturated carbocycles. The predicted molar refractivity (Wildman–Crippen MR) is 217 cm³/mol. The Morgan fingerprint density at radius 3 is 2.25 bits per heavy atom. The number of aliphatic hydroxyl groups is 1. The van der Waals surface area contributed by atoms with E-state index in [1.165, 1.54) is 22.7 Å². The van der Waals surface area contributed by atoms with Crippen LogP contribution in [0.5, 0.6) is 0 Å². The van der Waals surface area contributed by atoms with Crippen molar-refractivity contribution in [3.63, 3.8) is 0 Å². The van der Waals surface area contributed by atoms with E-state index in [2.05, 4.69) is 60.0 Å². The zero-order valence-corrected chi connectivity index (χ0v) is 34.1. The third kappa shape index (κ3) is 13.4. The molecule has 2 amide bonds. The number of rotatable bonds is 21. The summed E-state index contributed by atoms with van der Waals surface area (Å²) in [5, 5.41) is 23.0. The van der Waals surface area contributed by atoms with Gasteiger partial charge in [-0.3, -0.25) is 24.9 Å². The minimum Gasteiger partial charge on any atom is -0.444 e. The molecule has 2 aliphatic rings. The highest BCUT2D eigenvalue weighted by molar-refractivity contribution is 7.10. The average Bonchev–Trinajstić information content (AvgIpc) is 3.49. The van der Waals surface area contributed by atoms with Crippen LogP contribution in [0.3, 0.4) is 0 Å². The molecule has 302 valence electrons. The van der Waals surface area contributed by atoms with Crippen LogP contribution in [0.25, 0.3) is 0 Å². The number of ether oxygens (including phenoxy) is 3. The van der Waals surface area contributed by atoms with E-state index in [-0.39, 0.29) is 37.1 Å². The van der Waals surface area contributed by atoms with E-state index in [0.717, 1.165) is 41.3 Å². The molecule has 0 aliphatic carbocycles. The molecule has 4 heterocycles. The van der Waals surface area contributed by atoms with Crippen LogP contribution in [0, 0.1) is 0 Å². The zero-order valence-electron chi connectivity index (χ0n) is 32.5. The lowest BCUT2D eigenvalue weighted by molar-refractivity contribution is -0.124. The molecule has 2 unspecified atom stereocenters. The second-order valence-electron chi connectivity index (χ2n) is 15.1. The molecule has 4 N–H and O–H groups in total. The number of nitrogens with zero attached hydrogens (tertiary/aromatic N) is 4. The quantitative estimate of drug-likeness (QED) is 0.0870. The van der Waals surface area contributed by atoms with Gasteiger partial charge in [-0.1, -0.05) is 60.7 Å². The average molecular weight is 806 g/mol. The third-order valence-corrected chi connectivity index (χ3v) is 11.9. The Balaban J connectivity index is 1.12. The number of likely N-dealkylation sites (N-methyl/N-ethyl adjacent to an activating group) is 1. The first-order valence-electron chi connectivity index (χ1n) is 19.4. The van der Waals surface area contributed by atoms with Gasteiger partial charge in [0.15, 0.2) is 12.5 Å². The molecule has 56 heavy (non-hydrogen) atoms. The van der Waals surface area contributed by atoms with Gasteiger partial charge in [0.25, 0.3) is 0 Å². The number of thiazole rings is 2. The van der Waals surface area contributed by atoms with Crippen LogP contribution in [-0.2, 0) is 50.6 Å². The number of carbonyl (C=O) groups is 2. The van der Waals surface area contributed by atoms with Crippen molar-refractivity contribution in [2.24, 2.45) is 0 Å². The maximum Gasteiger partial charge on any atom is 0.407 e. The standard InChI is InChI=1S/C41H55N7O6S2/c1-41(2,51)39-44-33(27-55-39)25-47(3)38-37(54-38)46-35(16-17-48-18-20-52-21-19-48)36(49)43-31(22-29-10-6-4-7-11-29)14-15-32(23-30-12-8-5-9-13-30)45-40(50)53-26-34-24-42-28-56-34/h4-13,24,27-28,31-32,35,37-38,46,51H,14-23,25-26H2,1-3H3,(H,43,49)(H,45,50)/t31-,32-,35+,37?,38?/m1/s1. The van der Waals surface area contributed by atoms with Crippen molar-refractivity contribution in [1.29, 1.82) is 0 Å². The third-order valence-electron chi connectivity index (χ3n) is 9.92. The summed E-state index contributed by atoms with van der Waals surface area (Å²) in [7, 11) is 1.98. The Labute approximate surface area is 337 Å². The number of aromatic nitrogens is 2. The Kier molecular flexibility index (Phi) is 15.4. The van der Waals surface area contributed by atoms with E-state index in [1.54, 1.807) is 25.6 Å². The number of benzene rings is 2. The van der Waals surface area contributed by atoms with E-state index >= 15 is 0 Å². The molecule has 4 aromatic rings. The van der Waals surface area contributed by atoms with Gasteiger partial charge in [0.05, 0.1) is 35.3 Å². The van der Waals surface area contributed by atoms with E-state index in [1.807, 2.05) is 48.8 Å². The normalized spacial score (nSPS) is 18.9. The summed E-state index contributed by atoms with van der Waals surface area (Å²) < 4.78 is 17.2. The van der Waals surface area contributed by atoms with Gasteiger partial charge in [0, 0.05) is 49.8 Å². The highest BCUT2D eigenvalue weighted by atomic mass is 32.1. The maximum atomic E-state index is 14.3. The monoisotopic (exact) mass is 805 g/mol. The second-order valence-corrected chi connectivity index (χ2v) is 16.9. The highest BCUT2D eigenvalue weighted by Crippen LogP contribution is 2.28. The molecule has 0 spiro atoms. The smallest absolute Gasteiger partial charge is 0.407 e. The number of hydrogen-bond acceptors (Lipinski definition) is 13. The van der Waals surface area contributed by atoms with Crippen LogP contribution in [0.15, 0.2) is 77.8 Å². The van der Waals surface area contributed by atoms with Crippen LogP contribution in [0.2, 0.25) is 0 Å². The van der Waals surface area contributed by atoms with Gasteiger partial charge in [-0.15, -0.1) is 22.7 Å². The second kappa shape index (κ2) is 20.6. The van der Waals surface area contributed by atoms with Gasteiger partial charge in [-0.25, -0.2) is 9.78 Å². The fourth-order valence-electron chi connectivity index (χ4n) is 6.80. The minimum absolute atomic E-state index is 0.0815. The summed E-state index contributed by atoms with van der Waals surface area (Å²) in [5.74, 6) is -0.0815. The summed E-state index contributed by atoms with van der Waals surface area (Å²) in [4.78, 5) is 41.3. The number of carbonyl (C=O) groups excluding carboxylic acids is 2. The summed E-state index contributed by atoms with van der Waals surface area (Å²) in [5.41, 5.74) is 3.81. The van der Waals surface area contributed by atoms with E-state index < -0.39 is 17.7 Å². The fraction of sp³-hybridized carbons (Fsp3) is 0.512. The Hall–Kier alpha value is -3.80. The molecule has 2 fully saturated rings. The van der Waals surface area contributed by atoms with Crippen LogP contribution in [0.4, 0.5) is 4.79 Å². The van der Waals surface area contributed by atoms with Crippen molar-refractivity contribution < 1.29 is 28.9 Å². The van der Waals surface area contributed by atoms with Crippen LogP contribution >= 0.6 is 22.7 Å². The van der Waals surface area contributed by atoms with Crippen LogP contribution in [0.1, 0.15) is 59.8 Å². The van der Waals surface area contributed by atoms with Crippen molar-refractivity contribution >= 4 is 34.7 Å². The number of hydrogen-bond donors (Lipinski definition) is 4. The topological polar surface area (TPSA) is 154 Å². The zero-order chi connectivity index (χ0) is 39.3. The molecule has 0 bridgehead atoms. The Bertz CT molecular complexity index is 1770.